The van der Waals surface area contributed by atoms with Crippen LogP contribution in [0.3, 0.4) is 0 Å². The molecule has 1 heterocycles. The highest BCUT2D eigenvalue weighted by Gasteiger charge is 2.02. The largest absolute Gasteiger partial charge is 0.306 e. The summed E-state index contributed by atoms with van der Waals surface area (Å²) in [7, 11) is 2.19. The first kappa shape index (κ1) is 48.4. The van der Waals surface area contributed by atoms with Gasteiger partial charge in [-0.15, -0.1) is 0 Å². The quantitative estimate of drug-likeness (QED) is 0.389. The second kappa shape index (κ2) is 69.9. The molecule has 0 atom stereocenters. The van der Waals surface area contributed by atoms with E-state index in [4.69, 9.17) is 0 Å². The lowest BCUT2D eigenvalue weighted by atomic mass is 10.1. The monoisotopic (exact) mass is 450 g/mol. The molecule has 1 rings (SSSR count). The maximum atomic E-state index is 2.39. The van der Waals surface area contributed by atoms with E-state index in [2.05, 4.69) is 81.2 Å². The maximum absolute atomic E-state index is 2.39. The van der Waals surface area contributed by atoms with Crippen molar-refractivity contribution in [1.29, 1.82) is 0 Å². The first-order chi connectivity index (χ1) is 14.5. The van der Waals surface area contributed by atoms with Crippen LogP contribution in [0.1, 0.15) is 180 Å². The summed E-state index contributed by atoms with van der Waals surface area (Å²) in [6.07, 6.45) is 19.0. The van der Waals surface area contributed by atoms with Crippen LogP contribution in [0.2, 0.25) is 0 Å². The van der Waals surface area contributed by atoms with E-state index < -0.39 is 0 Å². The van der Waals surface area contributed by atoms with E-state index in [0.717, 1.165) is 0 Å². The van der Waals surface area contributed by atoms with Crippen LogP contribution in [-0.2, 0) is 0 Å². The summed E-state index contributed by atoms with van der Waals surface area (Å²) in [5, 5.41) is 0. The number of likely N-dealkylation sites (tertiary alicyclic amines) is 1. The highest BCUT2D eigenvalue weighted by atomic mass is 15.1. The van der Waals surface area contributed by atoms with Gasteiger partial charge in [-0.1, -0.05) is 168 Å². The van der Waals surface area contributed by atoms with Gasteiger partial charge in [-0.2, -0.15) is 0 Å². The number of rotatable bonds is 6. The highest BCUT2D eigenvalue weighted by Crippen LogP contribution is 2.04. The van der Waals surface area contributed by atoms with E-state index in [-0.39, 0.29) is 7.43 Å². The van der Waals surface area contributed by atoms with Gasteiger partial charge < -0.3 is 4.90 Å². The lowest BCUT2D eigenvalue weighted by molar-refractivity contribution is 0.277. The van der Waals surface area contributed by atoms with Crippen LogP contribution in [0.25, 0.3) is 0 Å². The summed E-state index contributed by atoms with van der Waals surface area (Å²) in [6, 6.07) is 0. The van der Waals surface area contributed by atoms with E-state index in [1.54, 1.807) is 0 Å². The maximum Gasteiger partial charge on any atom is -0.00218 e. The Labute approximate surface area is 205 Å². The fourth-order valence-corrected chi connectivity index (χ4v) is 1.76. The third kappa shape index (κ3) is 120. The SMILES string of the molecule is C.CC.CCC.CCCC.CCCC.CCCCC.CCCCC.CN1CCCCC1. The van der Waals surface area contributed by atoms with Crippen molar-refractivity contribution < 1.29 is 0 Å². The first-order valence-corrected chi connectivity index (χ1v) is 14.2. The minimum absolute atomic E-state index is 0. The third-order valence-electron chi connectivity index (χ3n) is 3.99. The van der Waals surface area contributed by atoms with Crippen molar-refractivity contribution in [1.82, 2.24) is 4.90 Å². The van der Waals surface area contributed by atoms with Gasteiger partial charge in [-0.05, 0) is 33.0 Å². The van der Waals surface area contributed by atoms with Crippen LogP contribution in [-0.4, -0.2) is 25.0 Å². The number of hydrogen-bond acceptors (Lipinski definition) is 1. The van der Waals surface area contributed by atoms with Gasteiger partial charge in [0.15, 0.2) is 0 Å². The molecule has 1 saturated heterocycles. The molecule has 0 aromatic carbocycles. The molecule has 0 radical (unpaired) electrons. The second-order valence-electron chi connectivity index (χ2n) is 7.78. The molecule has 0 N–H and O–H groups in total. The summed E-state index contributed by atoms with van der Waals surface area (Å²) in [5.74, 6) is 0. The molecule has 31 heavy (non-hydrogen) atoms. The van der Waals surface area contributed by atoms with Crippen molar-refractivity contribution in [2.75, 3.05) is 20.1 Å². The molecule has 1 fully saturated rings. The van der Waals surface area contributed by atoms with Gasteiger partial charge in [0.1, 0.15) is 0 Å². The van der Waals surface area contributed by atoms with Gasteiger partial charge in [0.05, 0.1) is 0 Å². The van der Waals surface area contributed by atoms with Gasteiger partial charge in [0, 0.05) is 0 Å². The summed E-state index contributed by atoms with van der Waals surface area (Å²) >= 11 is 0. The van der Waals surface area contributed by atoms with Gasteiger partial charge >= 0.3 is 0 Å². The number of piperidine rings is 1. The van der Waals surface area contributed by atoms with Crippen LogP contribution in [0.15, 0.2) is 0 Å². The molecule has 0 aromatic heterocycles. The summed E-state index contributed by atoms with van der Waals surface area (Å²) < 4.78 is 0. The average molecular weight is 450 g/mol. The topological polar surface area (TPSA) is 3.24 Å². The molecular formula is C30H75N. The van der Waals surface area contributed by atoms with Gasteiger partial charge in [-0.3, -0.25) is 0 Å². The van der Waals surface area contributed by atoms with Gasteiger partial charge in [0.25, 0.3) is 0 Å². The fourth-order valence-electron chi connectivity index (χ4n) is 1.76. The number of hydrogen-bond donors (Lipinski definition) is 0. The number of nitrogens with zero attached hydrogens (tertiary/aromatic N) is 1. The van der Waals surface area contributed by atoms with Crippen molar-refractivity contribution in [2.24, 2.45) is 0 Å². The van der Waals surface area contributed by atoms with Gasteiger partial charge in [0.2, 0.25) is 0 Å². The van der Waals surface area contributed by atoms with Crippen LogP contribution < -0.4 is 0 Å². The van der Waals surface area contributed by atoms with Gasteiger partial charge in [-0.25, -0.2) is 0 Å². The summed E-state index contributed by atoms with van der Waals surface area (Å²) in [5.41, 5.74) is 0. The molecule has 0 aliphatic carbocycles. The third-order valence-corrected chi connectivity index (χ3v) is 3.99. The molecule has 1 heteroatoms. The zero-order valence-corrected chi connectivity index (χ0v) is 24.8. The van der Waals surface area contributed by atoms with Crippen molar-refractivity contribution >= 4 is 0 Å². The molecule has 0 bridgehead atoms. The lowest BCUT2D eigenvalue weighted by Crippen LogP contribution is -2.24. The molecule has 1 aliphatic heterocycles. The Hall–Kier alpha value is -0.0400. The van der Waals surface area contributed by atoms with E-state index in [0.29, 0.717) is 0 Å². The Kier molecular flexibility index (Phi) is 109. The van der Waals surface area contributed by atoms with Crippen LogP contribution in [0.4, 0.5) is 0 Å². The Bertz CT molecular complexity index is 144. The Morgan fingerprint density at radius 1 is 0.452 bits per heavy atom. The predicted octanol–water partition coefficient (Wildman–Crippen LogP) is 12.2. The Balaban J connectivity index is -0.0000000445. The smallest absolute Gasteiger partial charge is 0.00218 e. The van der Waals surface area contributed by atoms with E-state index >= 15 is 0 Å². The standard InChI is InChI=1S/C6H13N.2C5H12.2C4H10.C3H8.C2H6.CH4/c1-7-5-3-2-4-6-7;2*1-3-5-4-2;2*1-3-4-2;1-3-2;1-2;/h2-6H2,1H3;2*3-5H2,1-2H3;2*3-4H2,1-2H3;3H2,1-2H3;1-2H3;1H4. The summed E-state index contributed by atoms with van der Waals surface area (Å²) in [4.78, 5) is 2.39. The fraction of sp³-hybridized carbons (Fsp3) is 1.00. The predicted molar refractivity (Wildman–Crippen MR) is 157 cm³/mol. The first-order valence-electron chi connectivity index (χ1n) is 14.2. The highest BCUT2D eigenvalue weighted by molar-refractivity contribution is 4.58. The molecule has 1 aliphatic rings. The van der Waals surface area contributed by atoms with E-state index in [1.165, 1.54) is 103 Å². The molecule has 0 unspecified atom stereocenters. The second-order valence-corrected chi connectivity index (χ2v) is 7.78. The normalized spacial score (nSPS) is 11.1. The lowest BCUT2D eigenvalue weighted by Gasteiger charge is -2.20. The van der Waals surface area contributed by atoms with E-state index in [1.807, 2.05) is 13.8 Å². The van der Waals surface area contributed by atoms with Crippen molar-refractivity contribution in [2.45, 2.75) is 180 Å². The minimum Gasteiger partial charge on any atom is -0.306 e. The zero-order chi connectivity index (χ0) is 24.9. The Morgan fingerprint density at radius 3 is 0.742 bits per heavy atom. The van der Waals surface area contributed by atoms with Crippen molar-refractivity contribution in [3.8, 4) is 0 Å². The molecule has 1 nitrogen and oxygen atoms in total. The van der Waals surface area contributed by atoms with Crippen molar-refractivity contribution in [3.05, 3.63) is 0 Å². The average Bonchev–Trinajstić information content (AvgIpc) is 2.78. The van der Waals surface area contributed by atoms with Crippen molar-refractivity contribution in [3.63, 3.8) is 0 Å². The van der Waals surface area contributed by atoms with Crippen LogP contribution in [0.5, 0.6) is 0 Å². The minimum atomic E-state index is 0. The van der Waals surface area contributed by atoms with E-state index in [9.17, 15) is 0 Å². The van der Waals surface area contributed by atoms with Crippen LogP contribution >= 0.6 is 0 Å². The molecule has 0 saturated carbocycles. The molecule has 0 spiro atoms. The zero-order valence-electron chi connectivity index (χ0n) is 24.8. The number of unbranched alkanes of at least 4 members (excludes halogenated alkanes) is 6. The van der Waals surface area contributed by atoms with Crippen LogP contribution in [0, 0.1) is 0 Å². The molecule has 0 amide bonds. The molecule has 200 valence electrons. The molecular weight excluding hydrogens is 374 g/mol. The molecule has 0 aromatic rings. The summed E-state index contributed by atoms with van der Waals surface area (Å²) in [6.45, 7) is 28.5. The Morgan fingerprint density at radius 2 is 0.677 bits per heavy atom.